The molecule has 0 bridgehead atoms. The maximum atomic E-state index is 13.7. The Morgan fingerprint density at radius 3 is 2.55 bits per heavy atom. The van der Waals surface area contributed by atoms with Crippen molar-refractivity contribution in [2.24, 2.45) is 7.05 Å². The number of ether oxygens (including phenoxy) is 1. The van der Waals surface area contributed by atoms with Crippen molar-refractivity contribution in [1.82, 2.24) is 24.6 Å². The maximum Gasteiger partial charge on any atom is 0.424 e. The number of hydrogen-bond donors (Lipinski definition) is 1. The van der Waals surface area contributed by atoms with Gasteiger partial charge >= 0.3 is 6.18 Å². The molecule has 8 nitrogen and oxygen atoms in total. The first kappa shape index (κ1) is 23.5. The lowest BCUT2D eigenvalue weighted by atomic mass is 10.2. The fourth-order valence-electron chi connectivity index (χ4n) is 3.25. The number of piperazine rings is 1. The average molecular weight is 500 g/mol. The van der Waals surface area contributed by atoms with E-state index in [0.717, 1.165) is 48.7 Å². The van der Waals surface area contributed by atoms with Gasteiger partial charge in [0.1, 0.15) is 5.75 Å². The fourth-order valence-corrected chi connectivity index (χ4v) is 4.12. The van der Waals surface area contributed by atoms with Crippen LogP contribution in [0, 0.1) is 0 Å². The van der Waals surface area contributed by atoms with Gasteiger partial charge in [-0.2, -0.15) is 28.2 Å². The molecule has 2 aromatic heterocycles. The minimum absolute atomic E-state index is 0.118. The zero-order chi connectivity index (χ0) is 23.6. The quantitative estimate of drug-likeness (QED) is 0.391. The largest absolute Gasteiger partial charge is 0.438 e. The molecular weight excluding hydrogens is 479 g/mol. The van der Waals surface area contributed by atoms with E-state index in [1.165, 1.54) is 0 Å². The van der Waals surface area contributed by atoms with E-state index in [2.05, 4.69) is 29.6 Å². The summed E-state index contributed by atoms with van der Waals surface area (Å²) in [6.45, 7) is 3.42. The van der Waals surface area contributed by atoms with Gasteiger partial charge in [-0.15, -0.1) is 0 Å². The molecule has 1 fully saturated rings. The Morgan fingerprint density at radius 1 is 1.12 bits per heavy atom. The number of aromatic nitrogens is 4. The minimum Gasteiger partial charge on any atom is -0.438 e. The molecule has 4 rings (SSSR count). The van der Waals surface area contributed by atoms with Crippen molar-refractivity contribution in [3.8, 4) is 11.6 Å². The Hall–Kier alpha value is -2.70. The summed E-state index contributed by atoms with van der Waals surface area (Å²) in [5.41, 5.74) is -0.370. The molecule has 1 N–H and O–H groups in total. The first-order chi connectivity index (χ1) is 15.7. The van der Waals surface area contributed by atoms with Gasteiger partial charge in [0.05, 0.1) is 11.1 Å². The molecule has 1 aromatic carbocycles. The molecule has 33 heavy (non-hydrogen) atoms. The van der Waals surface area contributed by atoms with E-state index in [4.69, 9.17) is 16.3 Å². The number of nitrogens with one attached hydrogen (secondary N) is 1. The van der Waals surface area contributed by atoms with E-state index in [1.54, 1.807) is 42.3 Å². The normalized spacial score (nSPS) is 15.0. The van der Waals surface area contributed by atoms with E-state index >= 15 is 0 Å². The first-order valence-corrected chi connectivity index (χ1v) is 11.2. The highest BCUT2D eigenvalue weighted by Gasteiger charge is 2.40. The summed E-state index contributed by atoms with van der Waals surface area (Å²) < 4.78 is 51.1. The van der Waals surface area contributed by atoms with Gasteiger partial charge in [0.25, 0.3) is 0 Å². The van der Waals surface area contributed by atoms with E-state index in [0.29, 0.717) is 0 Å². The van der Waals surface area contributed by atoms with Crippen LogP contribution in [0.4, 0.5) is 24.8 Å². The number of benzene rings is 1. The van der Waals surface area contributed by atoms with Gasteiger partial charge in [0.2, 0.25) is 11.8 Å². The van der Waals surface area contributed by atoms with Crippen molar-refractivity contribution in [2.45, 2.75) is 11.1 Å². The second kappa shape index (κ2) is 9.65. The van der Waals surface area contributed by atoms with Crippen molar-refractivity contribution < 1.29 is 17.9 Å². The summed E-state index contributed by atoms with van der Waals surface area (Å²) in [4.78, 5) is 12.8. The van der Waals surface area contributed by atoms with Gasteiger partial charge in [0.15, 0.2) is 10.7 Å². The number of rotatable bonds is 6. The molecule has 0 unspecified atom stereocenters. The average Bonchev–Trinajstić information content (AvgIpc) is 3.17. The molecule has 0 atom stereocenters. The summed E-state index contributed by atoms with van der Waals surface area (Å²) in [6, 6.07) is 6.90. The van der Waals surface area contributed by atoms with Crippen LogP contribution in [-0.4, -0.2) is 57.9 Å². The van der Waals surface area contributed by atoms with Gasteiger partial charge in [-0.25, -0.2) is 0 Å². The third-order valence-electron chi connectivity index (χ3n) is 4.96. The Kier molecular flexibility index (Phi) is 6.86. The van der Waals surface area contributed by atoms with Crippen LogP contribution < -0.4 is 14.4 Å². The number of likely N-dealkylation sites (N-methyl/N-ethyl adjacent to an activating group) is 1. The van der Waals surface area contributed by atoms with Crippen LogP contribution >= 0.6 is 23.5 Å². The molecule has 3 aromatic rings. The van der Waals surface area contributed by atoms with Crippen LogP contribution in [0.2, 0.25) is 5.15 Å². The van der Waals surface area contributed by atoms with Crippen LogP contribution in [0.5, 0.6) is 11.6 Å². The maximum absolute atomic E-state index is 13.7. The van der Waals surface area contributed by atoms with Crippen molar-refractivity contribution in [1.29, 1.82) is 0 Å². The zero-order valence-corrected chi connectivity index (χ0v) is 19.4. The number of nitrogens with zero attached hydrogens (tertiary/aromatic N) is 6. The summed E-state index contributed by atoms with van der Waals surface area (Å²) in [5.74, 6) is -0.572. The van der Waals surface area contributed by atoms with Gasteiger partial charge in [-0.3, -0.25) is 9.40 Å². The molecule has 1 aliphatic heterocycles. The molecule has 1 saturated heterocycles. The van der Waals surface area contributed by atoms with Gasteiger partial charge < -0.3 is 14.5 Å². The molecule has 0 spiro atoms. The molecule has 0 aliphatic carbocycles. The molecule has 0 saturated carbocycles. The minimum atomic E-state index is -4.80. The fraction of sp³-hybridized carbons (Fsp3) is 0.350. The number of aryl methyl sites for hydroxylation is 1. The Morgan fingerprint density at radius 2 is 1.88 bits per heavy atom. The second-order valence-corrected chi connectivity index (χ2v) is 8.70. The van der Waals surface area contributed by atoms with Crippen molar-refractivity contribution >= 4 is 35.2 Å². The number of anilines is 2. The zero-order valence-electron chi connectivity index (χ0n) is 17.8. The summed E-state index contributed by atoms with van der Waals surface area (Å²) in [7, 11) is 3.80. The lowest BCUT2D eigenvalue weighted by molar-refractivity contribution is -0.139. The standard InChI is InChI=1S/C20H21ClF3N7OS/c1-29-6-8-31(9-7-29)13-4-3-5-14(10-13)32-18-16(20(22,23)24)17(21)26-19(27-18)28-33-15-11-25-30(2)12-15/h3-5,10-12H,6-9H2,1-2H3,(H,26,27,28). The van der Waals surface area contributed by atoms with Crippen LogP contribution in [0.3, 0.4) is 0 Å². The van der Waals surface area contributed by atoms with Crippen LogP contribution in [0.25, 0.3) is 0 Å². The van der Waals surface area contributed by atoms with Crippen LogP contribution in [0.15, 0.2) is 41.6 Å². The molecule has 0 amide bonds. The van der Waals surface area contributed by atoms with E-state index in [9.17, 15) is 13.2 Å². The van der Waals surface area contributed by atoms with Crippen molar-refractivity contribution in [3.63, 3.8) is 0 Å². The third-order valence-corrected chi connectivity index (χ3v) is 5.96. The predicted molar refractivity (Wildman–Crippen MR) is 121 cm³/mol. The Bertz CT molecular complexity index is 1120. The SMILES string of the molecule is CN1CCN(c2cccc(Oc3nc(NSc4cnn(C)c4)nc(Cl)c3C(F)(F)F)c2)CC1. The van der Waals surface area contributed by atoms with Crippen LogP contribution in [-0.2, 0) is 13.2 Å². The van der Waals surface area contributed by atoms with Gasteiger partial charge in [-0.05, 0) is 31.1 Å². The summed E-state index contributed by atoms with van der Waals surface area (Å²) in [6.07, 6.45) is -1.48. The highest BCUT2D eigenvalue weighted by Crippen LogP contribution is 2.42. The van der Waals surface area contributed by atoms with Gasteiger partial charge in [0, 0.05) is 51.2 Å². The van der Waals surface area contributed by atoms with E-state index < -0.39 is 22.8 Å². The molecule has 0 radical (unpaired) electrons. The Labute approximate surface area is 197 Å². The molecule has 1 aliphatic rings. The van der Waals surface area contributed by atoms with E-state index in [1.807, 2.05) is 13.1 Å². The first-order valence-electron chi connectivity index (χ1n) is 9.96. The highest BCUT2D eigenvalue weighted by molar-refractivity contribution is 8.00. The number of alkyl halides is 3. The molecular formula is C20H21ClF3N7OS. The predicted octanol–water partition coefficient (Wildman–Crippen LogP) is 4.55. The molecule has 3 heterocycles. The summed E-state index contributed by atoms with van der Waals surface area (Å²) in [5, 5.41) is 3.27. The Balaban J connectivity index is 1.60. The van der Waals surface area contributed by atoms with Crippen LogP contribution in [0.1, 0.15) is 5.56 Å². The summed E-state index contributed by atoms with van der Waals surface area (Å²) >= 11 is 7.00. The van der Waals surface area contributed by atoms with Gasteiger partial charge in [-0.1, -0.05) is 17.7 Å². The third kappa shape index (κ3) is 5.81. The number of hydrogen-bond acceptors (Lipinski definition) is 8. The molecule has 176 valence electrons. The lowest BCUT2D eigenvalue weighted by Gasteiger charge is -2.34. The lowest BCUT2D eigenvalue weighted by Crippen LogP contribution is -2.44. The molecule has 13 heteroatoms. The van der Waals surface area contributed by atoms with Crippen molar-refractivity contribution in [3.05, 3.63) is 47.4 Å². The monoisotopic (exact) mass is 499 g/mol. The number of halogens is 4. The second-order valence-electron chi connectivity index (χ2n) is 7.46. The highest BCUT2D eigenvalue weighted by atomic mass is 35.5. The van der Waals surface area contributed by atoms with E-state index in [-0.39, 0.29) is 11.7 Å². The van der Waals surface area contributed by atoms with Crippen molar-refractivity contribution in [2.75, 3.05) is 42.8 Å². The smallest absolute Gasteiger partial charge is 0.424 e. The topological polar surface area (TPSA) is 71.3 Å².